The van der Waals surface area contributed by atoms with Crippen LogP contribution in [0.25, 0.3) is 0 Å². The van der Waals surface area contributed by atoms with E-state index in [0.717, 1.165) is 17.0 Å². The van der Waals surface area contributed by atoms with Crippen LogP contribution < -0.4 is 20.5 Å². The molecular weight excluding hydrogens is 386 g/mol. The molecule has 0 aliphatic rings. The first-order valence-corrected chi connectivity index (χ1v) is 10.4. The summed E-state index contributed by atoms with van der Waals surface area (Å²) in [6, 6.07) is 14.3. The predicted octanol–water partition coefficient (Wildman–Crippen LogP) is 2.62. The minimum Gasteiger partial charge on any atom is -0.497 e. The van der Waals surface area contributed by atoms with Crippen LogP contribution in [0.4, 0.5) is 17.5 Å². The summed E-state index contributed by atoms with van der Waals surface area (Å²) in [6.45, 7) is 0. The normalized spacial score (nSPS) is 12.2. The van der Waals surface area contributed by atoms with Crippen LogP contribution in [0.2, 0.25) is 0 Å². The van der Waals surface area contributed by atoms with Gasteiger partial charge in [0.15, 0.2) is 0 Å². The number of hydrogen-bond acceptors (Lipinski definition) is 6. The first kappa shape index (κ1) is 20.2. The van der Waals surface area contributed by atoms with Crippen LogP contribution in [0.3, 0.4) is 0 Å². The minimum atomic E-state index is -2.73. The van der Waals surface area contributed by atoms with E-state index in [1.807, 2.05) is 24.3 Å². The van der Waals surface area contributed by atoms with Crippen molar-refractivity contribution in [1.82, 2.24) is 9.97 Å². The van der Waals surface area contributed by atoms with E-state index in [0.29, 0.717) is 22.2 Å². The third-order valence-electron chi connectivity index (χ3n) is 3.97. The highest BCUT2D eigenvalue weighted by Crippen LogP contribution is 2.19. The third kappa shape index (κ3) is 5.25. The number of anilines is 3. The van der Waals surface area contributed by atoms with Crippen molar-refractivity contribution in [3.63, 3.8) is 0 Å². The molecule has 7 nitrogen and oxygen atoms in total. The highest BCUT2D eigenvalue weighted by Gasteiger charge is 2.06. The highest BCUT2D eigenvalue weighted by molar-refractivity contribution is 7.98. The van der Waals surface area contributed by atoms with Gasteiger partial charge >= 0.3 is 0 Å². The summed E-state index contributed by atoms with van der Waals surface area (Å²) in [4.78, 5) is 9.24. The Labute approximate surface area is 170 Å². The van der Waals surface area contributed by atoms with Gasteiger partial charge in [0.05, 0.1) is 28.6 Å². The molecule has 1 unspecified atom stereocenters. The predicted molar refractivity (Wildman–Crippen MR) is 118 cm³/mol. The van der Waals surface area contributed by atoms with Gasteiger partial charge in [-0.2, -0.15) is 4.98 Å². The molecule has 0 saturated heterocycles. The monoisotopic (exact) mass is 407 g/mol. The van der Waals surface area contributed by atoms with Gasteiger partial charge in [0.1, 0.15) is 11.6 Å². The summed E-state index contributed by atoms with van der Waals surface area (Å²) in [5.74, 6) is 11.4. The largest absolute Gasteiger partial charge is 0.497 e. The van der Waals surface area contributed by atoms with Gasteiger partial charge in [0.25, 0.3) is 0 Å². The molecule has 0 saturated carbocycles. The van der Waals surface area contributed by atoms with E-state index in [2.05, 4.69) is 38.3 Å². The molecule has 8 heteroatoms. The Morgan fingerprint density at radius 3 is 2.38 bits per heavy atom. The number of nitrogens with two attached hydrogens (primary N) is 1. The minimum absolute atomic E-state index is 0.403. The standard InChI is InChI=1S/C21H21N5O2S/c1-23-20-16(7-4-15-5-10-18(28-2)11-6-15)14-24-21(26-20)25-17-8-12-19(13-9-17)29(3,22)27/h5-6,8-14H,3H2,1-2H3,(H2,22,27)(H2,23,24,25,26). The van der Waals surface area contributed by atoms with E-state index in [1.165, 1.54) is 0 Å². The Kier molecular flexibility index (Phi) is 6.02. The van der Waals surface area contributed by atoms with Gasteiger partial charge in [-0.15, -0.1) is 0 Å². The first-order valence-electron chi connectivity index (χ1n) is 8.62. The van der Waals surface area contributed by atoms with Gasteiger partial charge in [0.2, 0.25) is 5.95 Å². The lowest BCUT2D eigenvalue weighted by molar-refractivity contribution is 0.415. The number of aromatic nitrogens is 2. The molecular formula is C21H21N5O2S. The van der Waals surface area contributed by atoms with Crippen molar-refractivity contribution in [1.29, 1.82) is 0 Å². The van der Waals surface area contributed by atoms with Gasteiger partial charge in [-0.3, -0.25) is 5.14 Å². The maximum atomic E-state index is 11.8. The SMILES string of the molecule is C=S(N)(=O)c1ccc(Nc2ncc(C#Cc3ccc(OC)cc3)c(NC)n2)cc1. The summed E-state index contributed by atoms with van der Waals surface area (Å²) in [6.07, 6.45) is 1.65. The van der Waals surface area contributed by atoms with Gasteiger partial charge < -0.3 is 15.4 Å². The van der Waals surface area contributed by atoms with Crippen LogP contribution in [0.5, 0.6) is 5.75 Å². The van der Waals surface area contributed by atoms with Crippen molar-refractivity contribution in [2.45, 2.75) is 4.90 Å². The Hall–Kier alpha value is -3.54. The summed E-state index contributed by atoms with van der Waals surface area (Å²) in [5, 5.41) is 11.7. The summed E-state index contributed by atoms with van der Waals surface area (Å²) in [7, 11) is 0.660. The van der Waals surface area contributed by atoms with Crippen molar-refractivity contribution >= 4 is 33.0 Å². The fraction of sp³-hybridized carbons (Fsp3) is 0.0952. The summed E-state index contributed by atoms with van der Waals surface area (Å²) >= 11 is 0. The zero-order valence-electron chi connectivity index (χ0n) is 16.1. The smallest absolute Gasteiger partial charge is 0.229 e. The number of ether oxygens (including phenoxy) is 1. The Balaban J connectivity index is 1.79. The van der Waals surface area contributed by atoms with E-state index in [4.69, 9.17) is 9.88 Å². The van der Waals surface area contributed by atoms with Crippen LogP contribution in [0.15, 0.2) is 59.6 Å². The molecule has 148 valence electrons. The second kappa shape index (κ2) is 8.65. The number of rotatable bonds is 5. The molecule has 1 heterocycles. The molecule has 1 aromatic heterocycles. The molecule has 1 atom stereocenters. The Bertz CT molecular complexity index is 1160. The molecule has 0 bridgehead atoms. The molecule has 3 rings (SSSR count). The third-order valence-corrected chi connectivity index (χ3v) is 5.04. The molecule has 4 N–H and O–H groups in total. The molecule has 2 aromatic carbocycles. The molecule has 0 radical (unpaired) electrons. The van der Waals surface area contributed by atoms with Crippen LogP contribution in [0.1, 0.15) is 11.1 Å². The van der Waals surface area contributed by atoms with Crippen LogP contribution in [-0.4, -0.2) is 34.2 Å². The van der Waals surface area contributed by atoms with Crippen molar-refractivity contribution in [2.75, 3.05) is 24.8 Å². The average molecular weight is 407 g/mol. The Morgan fingerprint density at radius 1 is 1.10 bits per heavy atom. The lowest BCUT2D eigenvalue weighted by Crippen LogP contribution is -2.11. The van der Waals surface area contributed by atoms with Crippen molar-refractivity contribution in [3.05, 3.63) is 65.9 Å². The van der Waals surface area contributed by atoms with E-state index < -0.39 is 9.71 Å². The molecule has 29 heavy (non-hydrogen) atoms. The van der Waals surface area contributed by atoms with Crippen LogP contribution >= 0.6 is 0 Å². The van der Waals surface area contributed by atoms with Gasteiger partial charge in [0, 0.05) is 23.2 Å². The topological polar surface area (TPSA) is 102 Å². The average Bonchev–Trinajstić information content (AvgIpc) is 2.73. The van der Waals surface area contributed by atoms with Crippen molar-refractivity contribution in [3.8, 4) is 17.6 Å². The zero-order valence-corrected chi connectivity index (χ0v) is 16.9. The molecule has 0 aliphatic carbocycles. The van der Waals surface area contributed by atoms with E-state index in [9.17, 15) is 4.21 Å². The number of benzene rings is 2. The summed E-state index contributed by atoms with van der Waals surface area (Å²) in [5.41, 5.74) is 2.26. The van der Waals surface area contributed by atoms with Gasteiger partial charge in [-0.25, -0.2) is 9.19 Å². The van der Waals surface area contributed by atoms with E-state index >= 15 is 0 Å². The van der Waals surface area contributed by atoms with Gasteiger partial charge in [-0.05, 0) is 54.4 Å². The van der Waals surface area contributed by atoms with E-state index in [1.54, 1.807) is 44.6 Å². The molecule has 0 amide bonds. The van der Waals surface area contributed by atoms with Gasteiger partial charge in [-0.1, -0.05) is 11.8 Å². The lowest BCUT2D eigenvalue weighted by atomic mass is 10.2. The molecule has 0 aliphatic heterocycles. The zero-order chi connectivity index (χ0) is 20.9. The Morgan fingerprint density at radius 2 is 1.79 bits per heavy atom. The highest BCUT2D eigenvalue weighted by atomic mass is 32.2. The van der Waals surface area contributed by atoms with Crippen molar-refractivity contribution < 1.29 is 8.95 Å². The quantitative estimate of drug-likeness (QED) is 0.444. The van der Waals surface area contributed by atoms with Crippen LogP contribution in [0, 0.1) is 11.8 Å². The number of nitrogens with one attached hydrogen (secondary N) is 2. The maximum absolute atomic E-state index is 11.8. The fourth-order valence-electron chi connectivity index (χ4n) is 2.44. The van der Waals surface area contributed by atoms with Crippen molar-refractivity contribution in [2.24, 2.45) is 5.14 Å². The van der Waals surface area contributed by atoms with Crippen LogP contribution in [-0.2, 0) is 9.71 Å². The second-order valence-electron chi connectivity index (χ2n) is 6.06. The maximum Gasteiger partial charge on any atom is 0.229 e. The molecule has 0 fully saturated rings. The fourth-order valence-corrected chi connectivity index (χ4v) is 3.03. The van der Waals surface area contributed by atoms with E-state index in [-0.39, 0.29) is 0 Å². The lowest BCUT2D eigenvalue weighted by Gasteiger charge is -2.09. The molecule has 0 spiro atoms. The molecule has 3 aromatic rings. The summed E-state index contributed by atoms with van der Waals surface area (Å²) < 4.78 is 16.9. The first-order chi connectivity index (χ1) is 13.9. The number of methoxy groups -OCH3 is 1. The number of nitrogens with zero attached hydrogens (tertiary/aromatic N) is 2. The number of hydrogen-bond donors (Lipinski definition) is 3. The second-order valence-corrected chi connectivity index (χ2v) is 7.98.